The van der Waals surface area contributed by atoms with Gasteiger partial charge in [0.05, 0.1) is 17.1 Å². The van der Waals surface area contributed by atoms with Crippen LogP contribution in [0.3, 0.4) is 0 Å². The summed E-state index contributed by atoms with van der Waals surface area (Å²) in [5, 5.41) is 12.7. The Morgan fingerprint density at radius 2 is 2.00 bits per heavy atom. The second kappa shape index (κ2) is 6.17. The van der Waals surface area contributed by atoms with E-state index in [0.29, 0.717) is 10.0 Å². The summed E-state index contributed by atoms with van der Waals surface area (Å²) < 4.78 is 14.0. The smallest absolute Gasteiger partial charge is 0.137 e. The fraction of sp³-hybridized carbons (Fsp3) is 0.200. The molecule has 1 atom stereocenters. The van der Waals surface area contributed by atoms with Crippen molar-refractivity contribution in [3.05, 3.63) is 63.9 Å². The van der Waals surface area contributed by atoms with Gasteiger partial charge >= 0.3 is 0 Å². The van der Waals surface area contributed by atoms with E-state index in [1.807, 2.05) is 31.2 Å². The van der Waals surface area contributed by atoms with Crippen molar-refractivity contribution in [1.82, 2.24) is 0 Å². The van der Waals surface area contributed by atoms with Crippen LogP contribution in [-0.2, 0) is 0 Å². The maximum Gasteiger partial charge on any atom is 0.137 e. The first kappa shape index (κ1) is 14.0. The molecule has 0 spiro atoms. The van der Waals surface area contributed by atoms with Gasteiger partial charge in [0.15, 0.2) is 0 Å². The third kappa shape index (κ3) is 3.33. The number of nitrogens with one attached hydrogen (secondary N) is 1. The quantitative estimate of drug-likeness (QED) is 0.889. The molecule has 4 heteroatoms. The number of benzene rings is 2. The molecule has 0 saturated carbocycles. The molecule has 0 bridgehead atoms. The van der Waals surface area contributed by atoms with Gasteiger partial charge in [-0.25, -0.2) is 4.39 Å². The van der Waals surface area contributed by atoms with Crippen molar-refractivity contribution in [2.24, 2.45) is 0 Å². The van der Waals surface area contributed by atoms with E-state index < -0.39 is 0 Å². The lowest BCUT2D eigenvalue weighted by Gasteiger charge is -2.19. The number of hydrogen-bond donors (Lipinski definition) is 2. The first-order chi connectivity index (χ1) is 9.11. The number of anilines is 1. The average molecular weight is 324 g/mol. The number of para-hydroxylation sites is 1. The fourth-order valence-corrected chi connectivity index (χ4v) is 2.13. The van der Waals surface area contributed by atoms with Gasteiger partial charge in [0.25, 0.3) is 0 Å². The summed E-state index contributed by atoms with van der Waals surface area (Å²) in [7, 11) is 0. The predicted molar refractivity (Wildman–Crippen MR) is 78.7 cm³/mol. The summed E-state index contributed by atoms with van der Waals surface area (Å²) in [6.07, 6.45) is 0. The summed E-state index contributed by atoms with van der Waals surface area (Å²) >= 11 is 3.12. The number of aryl methyl sites for hydroxylation is 1. The van der Waals surface area contributed by atoms with Crippen molar-refractivity contribution in [1.29, 1.82) is 0 Å². The lowest BCUT2D eigenvalue weighted by molar-refractivity contribution is 0.276. The molecule has 2 rings (SSSR count). The van der Waals surface area contributed by atoms with E-state index in [2.05, 4.69) is 21.2 Å². The van der Waals surface area contributed by atoms with Crippen molar-refractivity contribution in [2.75, 3.05) is 11.9 Å². The van der Waals surface area contributed by atoms with Gasteiger partial charge in [0.2, 0.25) is 0 Å². The first-order valence-corrected chi connectivity index (χ1v) is 6.79. The molecule has 2 aromatic carbocycles. The van der Waals surface area contributed by atoms with E-state index >= 15 is 0 Å². The Labute approximate surface area is 120 Å². The minimum atomic E-state index is -0.331. The highest BCUT2D eigenvalue weighted by Gasteiger charge is 2.13. The highest BCUT2D eigenvalue weighted by molar-refractivity contribution is 9.10. The molecule has 0 saturated heterocycles. The van der Waals surface area contributed by atoms with Crippen LogP contribution in [0.25, 0.3) is 0 Å². The van der Waals surface area contributed by atoms with Crippen LogP contribution in [0.1, 0.15) is 17.2 Å². The second-order valence-corrected chi connectivity index (χ2v) is 5.22. The van der Waals surface area contributed by atoms with E-state index in [1.54, 1.807) is 12.1 Å². The SMILES string of the molecule is Cc1ccccc1NC(CO)c1ccc(Br)c(F)c1. The van der Waals surface area contributed by atoms with E-state index in [0.717, 1.165) is 11.3 Å². The van der Waals surface area contributed by atoms with Crippen molar-refractivity contribution in [3.63, 3.8) is 0 Å². The molecule has 0 amide bonds. The Morgan fingerprint density at radius 1 is 1.26 bits per heavy atom. The second-order valence-electron chi connectivity index (χ2n) is 4.37. The lowest BCUT2D eigenvalue weighted by atomic mass is 10.1. The molecule has 0 aliphatic rings. The average Bonchev–Trinajstić information content (AvgIpc) is 2.41. The minimum Gasteiger partial charge on any atom is -0.394 e. The van der Waals surface area contributed by atoms with Gasteiger partial charge in [-0.05, 0) is 52.2 Å². The van der Waals surface area contributed by atoms with Gasteiger partial charge in [0, 0.05) is 5.69 Å². The number of aliphatic hydroxyl groups excluding tert-OH is 1. The minimum absolute atomic E-state index is 0.102. The third-order valence-electron chi connectivity index (χ3n) is 3.00. The van der Waals surface area contributed by atoms with Gasteiger partial charge < -0.3 is 10.4 Å². The monoisotopic (exact) mass is 323 g/mol. The molecule has 19 heavy (non-hydrogen) atoms. The number of rotatable bonds is 4. The Hall–Kier alpha value is -1.39. The summed E-state index contributed by atoms with van der Waals surface area (Å²) in [6.45, 7) is 1.88. The molecular formula is C15H15BrFNO. The van der Waals surface area contributed by atoms with E-state index in [4.69, 9.17) is 0 Å². The Kier molecular flexibility index (Phi) is 4.56. The number of aliphatic hydroxyl groups is 1. The van der Waals surface area contributed by atoms with Gasteiger partial charge in [-0.15, -0.1) is 0 Å². The lowest BCUT2D eigenvalue weighted by Crippen LogP contribution is -2.15. The normalized spacial score (nSPS) is 12.2. The van der Waals surface area contributed by atoms with Gasteiger partial charge in [-0.2, -0.15) is 0 Å². The summed E-state index contributed by atoms with van der Waals surface area (Å²) in [6, 6.07) is 12.3. The van der Waals surface area contributed by atoms with E-state index in [1.165, 1.54) is 6.07 Å². The Balaban J connectivity index is 2.25. The standard InChI is InChI=1S/C15H15BrFNO/c1-10-4-2-3-5-14(10)18-15(9-19)11-6-7-12(16)13(17)8-11/h2-8,15,18-19H,9H2,1H3. The van der Waals surface area contributed by atoms with E-state index in [-0.39, 0.29) is 18.5 Å². The van der Waals surface area contributed by atoms with Crippen molar-refractivity contribution >= 4 is 21.6 Å². The van der Waals surface area contributed by atoms with Crippen LogP contribution in [0.4, 0.5) is 10.1 Å². The van der Waals surface area contributed by atoms with Crippen LogP contribution in [0, 0.1) is 12.7 Å². The van der Waals surface area contributed by atoms with Crippen molar-refractivity contribution < 1.29 is 9.50 Å². The third-order valence-corrected chi connectivity index (χ3v) is 3.65. The van der Waals surface area contributed by atoms with E-state index in [9.17, 15) is 9.50 Å². The number of hydrogen-bond acceptors (Lipinski definition) is 2. The van der Waals surface area contributed by atoms with Crippen LogP contribution in [-0.4, -0.2) is 11.7 Å². The molecule has 0 aliphatic heterocycles. The van der Waals surface area contributed by atoms with Crippen LogP contribution >= 0.6 is 15.9 Å². The first-order valence-electron chi connectivity index (χ1n) is 6.00. The Morgan fingerprint density at radius 3 is 2.63 bits per heavy atom. The Bertz CT molecular complexity index is 574. The highest BCUT2D eigenvalue weighted by Crippen LogP contribution is 2.25. The molecule has 0 aromatic heterocycles. The topological polar surface area (TPSA) is 32.3 Å². The molecule has 0 heterocycles. The zero-order valence-electron chi connectivity index (χ0n) is 10.5. The van der Waals surface area contributed by atoms with Gasteiger partial charge in [0.1, 0.15) is 5.82 Å². The van der Waals surface area contributed by atoms with Crippen LogP contribution in [0.5, 0.6) is 0 Å². The molecule has 1 unspecified atom stereocenters. The molecule has 2 N–H and O–H groups in total. The fourth-order valence-electron chi connectivity index (χ4n) is 1.89. The van der Waals surface area contributed by atoms with Crippen LogP contribution in [0.15, 0.2) is 46.9 Å². The molecule has 0 aliphatic carbocycles. The molecule has 0 fully saturated rings. The number of halogens is 2. The molecule has 2 aromatic rings. The van der Waals surface area contributed by atoms with Gasteiger partial charge in [-0.3, -0.25) is 0 Å². The largest absolute Gasteiger partial charge is 0.394 e. The van der Waals surface area contributed by atoms with Crippen LogP contribution in [0.2, 0.25) is 0 Å². The van der Waals surface area contributed by atoms with Gasteiger partial charge in [-0.1, -0.05) is 24.3 Å². The maximum absolute atomic E-state index is 13.5. The molecule has 0 radical (unpaired) electrons. The summed E-state index contributed by atoms with van der Waals surface area (Å²) in [5.74, 6) is -0.331. The zero-order chi connectivity index (χ0) is 13.8. The summed E-state index contributed by atoms with van der Waals surface area (Å²) in [4.78, 5) is 0. The molecule has 100 valence electrons. The molecule has 2 nitrogen and oxygen atoms in total. The van der Waals surface area contributed by atoms with Crippen molar-refractivity contribution in [2.45, 2.75) is 13.0 Å². The zero-order valence-corrected chi connectivity index (χ0v) is 12.1. The maximum atomic E-state index is 13.5. The predicted octanol–water partition coefficient (Wildman–Crippen LogP) is 4.04. The summed E-state index contributed by atoms with van der Waals surface area (Å²) in [5.41, 5.74) is 2.73. The van der Waals surface area contributed by atoms with Crippen molar-refractivity contribution in [3.8, 4) is 0 Å². The van der Waals surface area contributed by atoms with Crippen LogP contribution < -0.4 is 5.32 Å². The molecular weight excluding hydrogens is 309 g/mol. The highest BCUT2D eigenvalue weighted by atomic mass is 79.9.